The molecule has 0 saturated carbocycles. The normalized spacial score (nSPS) is 20.6. The van der Waals surface area contributed by atoms with Crippen LogP contribution < -0.4 is 15.0 Å². The molecule has 4 aliphatic rings. The van der Waals surface area contributed by atoms with Crippen molar-refractivity contribution in [2.75, 3.05) is 23.9 Å². The molecule has 2 bridgehead atoms. The van der Waals surface area contributed by atoms with Crippen LogP contribution >= 0.6 is 0 Å². The topological polar surface area (TPSA) is 145 Å². The van der Waals surface area contributed by atoms with Crippen LogP contribution in [0.25, 0.3) is 0 Å². The number of methoxy groups -OCH3 is 1. The number of carbonyl (C=O) groups is 4. The minimum absolute atomic E-state index is 0.0691. The molecular formula is C34H25N3O8. The van der Waals surface area contributed by atoms with Gasteiger partial charge in [0.2, 0.25) is 11.8 Å². The number of hydrogen-bond acceptors (Lipinski definition) is 8. The van der Waals surface area contributed by atoms with Gasteiger partial charge in [-0.15, -0.1) is 0 Å². The van der Waals surface area contributed by atoms with Crippen LogP contribution in [0.2, 0.25) is 0 Å². The monoisotopic (exact) mass is 603 g/mol. The average molecular weight is 604 g/mol. The summed E-state index contributed by atoms with van der Waals surface area (Å²) >= 11 is 0. The molecule has 1 aliphatic heterocycles. The summed E-state index contributed by atoms with van der Waals surface area (Å²) in [4.78, 5) is 66.1. The Kier molecular flexibility index (Phi) is 6.65. The van der Waals surface area contributed by atoms with Crippen LogP contribution in [-0.2, 0) is 19.1 Å². The lowest BCUT2D eigenvalue weighted by Gasteiger charge is -2.45. The number of nitrogens with one attached hydrogen (secondary N) is 1. The van der Waals surface area contributed by atoms with Crippen LogP contribution in [0.1, 0.15) is 44.4 Å². The van der Waals surface area contributed by atoms with Gasteiger partial charge in [0.25, 0.3) is 11.6 Å². The van der Waals surface area contributed by atoms with Gasteiger partial charge in [-0.3, -0.25) is 24.5 Å². The number of ether oxygens (including phenoxy) is 2. The number of imide groups is 1. The van der Waals surface area contributed by atoms with Gasteiger partial charge in [-0.05, 0) is 40.5 Å². The fourth-order valence-corrected chi connectivity index (χ4v) is 7.05. The van der Waals surface area contributed by atoms with Crippen LogP contribution in [0.3, 0.4) is 0 Å². The molecule has 1 N–H and O–H groups in total. The molecule has 3 aliphatic carbocycles. The number of esters is 1. The first-order chi connectivity index (χ1) is 21.8. The van der Waals surface area contributed by atoms with E-state index in [9.17, 15) is 29.3 Å². The third kappa shape index (κ3) is 4.35. The van der Waals surface area contributed by atoms with E-state index in [1.54, 1.807) is 12.1 Å². The first-order valence-corrected chi connectivity index (χ1v) is 14.2. The number of nitrogens with zero attached hydrogens (tertiary/aromatic N) is 2. The maximum absolute atomic E-state index is 14.2. The van der Waals surface area contributed by atoms with Gasteiger partial charge in [-0.2, -0.15) is 0 Å². The number of nitro groups is 1. The lowest BCUT2D eigenvalue weighted by Crippen LogP contribution is -2.41. The molecule has 45 heavy (non-hydrogen) atoms. The number of amides is 3. The fourth-order valence-electron chi connectivity index (χ4n) is 7.05. The standard InChI is InChI=1S/C34H25N3O8/c1-44-18-14-15-26(37(42)43)24(16-18)35-27(38)17-45-34(41)23-12-6-7-13-25(23)36-32(39)30-28-19-8-2-3-9-20(19)29(31(30)33(36)40)22-11-5-4-10-21(22)28/h2-16,28-31H,17H2,1H3,(H,35,38)/t28?,29?,30-,31-/m0/s1. The molecule has 2 atom stereocenters. The average Bonchev–Trinajstić information content (AvgIpc) is 3.33. The maximum Gasteiger partial charge on any atom is 0.340 e. The summed E-state index contributed by atoms with van der Waals surface area (Å²) in [5.74, 6) is -4.17. The number of anilines is 2. The number of hydrogen-bond donors (Lipinski definition) is 1. The number of benzene rings is 4. The van der Waals surface area contributed by atoms with Crippen molar-refractivity contribution in [2.45, 2.75) is 11.8 Å². The van der Waals surface area contributed by atoms with E-state index < -0.39 is 47.1 Å². The second-order valence-electron chi connectivity index (χ2n) is 11.1. The second kappa shape index (κ2) is 10.7. The molecule has 1 fully saturated rings. The minimum Gasteiger partial charge on any atom is -0.497 e. The van der Waals surface area contributed by atoms with Crippen LogP contribution in [0.5, 0.6) is 5.75 Å². The van der Waals surface area contributed by atoms with Crippen molar-refractivity contribution in [3.63, 3.8) is 0 Å². The van der Waals surface area contributed by atoms with E-state index in [0.29, 0.717) is 0 Å². The van der Waals surface area contributed by atoms with Crippen molar-refractivity contribution in [2.24, 2.45) is 11.8 Å². The molecule has 8 rings (SSSR count). The molecule has 0 spiro atoms. The summed E-state index contributed by atoms with van der Waals surface area (Å²) in [6, 6.07) is 25.7. The molecule has 3 amide bonds. The van der Waals surface area contributed by atoms with Gasteiger partial charge in [0.05, 0.1) is 35.1 Å². The van der Waals surface area contributed by atoms with Crippen molar-refractivity contribution >= 4 is 40.8 Å². The van der Waals surface area contributed by atoms with Gasteiger partial charge in [-0.1, -0.05) is 60.7 Å². The highest BCUT2D eigenvalue weighted by molar-refractivity contribution is 6.25. The summed E-state index contributed by atoms with van der Waals surface area (Å²) in [7, 11) is 1.37. The lowest BCUT2D eigenvalue weighted by molar-refractivity contribution is -0.383. The van der Waals surface area contributed by atoms with Gasteiger partial charge in [0.15, 0.2) is 6.61 Å². The molecule has 4 aromatic rings. The van der Waals surface area contributed by atoms with Crippen LogP contribution in [0.15, 0.2) is 91.0 Å². The number of nitro benzene ring substituents is 1. The Morgan fingerprint density at radius 3 is 1.89 bits per heavy atom. The zero-order valence-electron chi connectivity index (χ0n) is 23.8. The van der Waals surface area contributed by atoms with Gasteiger partial charge < -0.3 is 14.8 Å². The first kappa shape index (κ1) is 28.0. The second-order valence-corrected chi connectivity index (χ2v) is 11.1. The smallest absolute Gasteiger partial charge is 0.340 e. The Bertz CT molecular complexity index is 1820. The van der Waals surface area contributed by atoms with E-state index in [2.05, 4.69) is 5.32 Å². The van der Waals surface area contributed by atoms with Gasteiger partial charge >= 0.3 is 5.97 Å². The summed E-state index contributed by atoms with van der Waals surface area (Å²) in [5.41, 5.74) is 3.62. The number of rotatable bonds is 7. The Hall–Kier alpha value is -5.84. The highest BCUT2D eigenvalue weighted by Gasteiger charge is 2.62. The van der Waals surface area contributed by atoms with Crippen LogP contribution in [0, 0.1) is 22.0 Å². The van der Waals surface area contributed by atoms with Gasteiger partial charge in [0.1, 0.15) is 11.4 Å². The molecule has 1 heterocycles. The number of carbonyl (C=O) groups excluding carboxylic acids is 4. The highest BCUT2D eigenvalue weighted by Crippen LogP contribution is 2.61. The molecule has 0 aromatic heterocycles. The predicted molar refractivity (Wildman–Crippen MR) is 161 cm³/mol. The van der Waals surface area contributed by atoms with Crippen LogP contribution in [0.4, 0.5) is 17.1 Å². The molecule has 4 aromatic carbocycles. The molecule has 224 valence electrons. The van der Waals surface area contributed by atoms with Gasteiger partial charge in [-0.25, -0.2) is 9.69 Å². The fraction of sp³-hybridized carbons (Fsp3) is 0.176. The molecule has 0 radical (unpaired) electrons. The third-order valence-electron chi connectivity index (χ3n) is 8.82. The lowest BCUT2D eigenvalue weighted by atomic mass is 9.55. The van der Waals surface area contributed by atoms with Gasteiger partial charge in [0, 0.05) is 24.0 Å². The van der Waals surface area contributed by atoms with E-state index in [0.717, 1.165) is 27.2 Å². The minimum atomic E-state index is -0.939. The quantitative estimate of drug-likeness (QED) is 0.137. The van der Waals surface area contributed by atoms with E-state index >= 15 is 0 Å². The van der Waals surface area contributed by atoms with Crippen molar-refractivity contribution in [3.05, 3.63) is 129 Å². The van der Waals surface area contributed by atoms with Crippen molar-refractivity contribution < 1.29 is 33.6 Å². The van der Waals surface area contributed by atoms with Crippen LogP contribution in [-0.4, -0.2) is 42.3 Å². The predicted octanol–water partition coefficient (Wildman–Crippen LogP) is 4.80. The maximum atomic E-state index is 14.2. The zero-order chi connectivity index (χ0) is 31.4. The zero-order valence-corrected chi connectivity index (χ0v) is 23.8. The van der Waals surface area contributed by atoms with Crippen molar-refractivity contribution in [1.82, 2.24) is 0 Å². The van der Waals surface area contributed by atoms with E-state index in [1.165, 1.54) is 37.4 Å². The Morgan fingerprint density at radius 1 is 0.822 bits per heavy atom. The Labute approximate surface area is 256 Å². The molecule has 11 nitrogen and oxygen atoms in total. The summed E-state index contributed by atoms with van der Waals surface area (Å²) < 4.78 is 10.3. The van der Waals surface area contributed by atoms with E-state index in [-0.39, 0.29) is 40.2 Å². The Balaban J connectivity index is 1.15. The first-order valence-electron chi connectivity index (χ1n) is 14.2. The van der Waals surface area contributed by atoms with Crippen molar-refractivity contribution in [1.29, 1.82) is 0 Å². The molecule has 11 heteroatoms. The SMILES string of the molecule is COc1ccc([N+](=O)[O-])c(NC(=O)COC(=O)c2ccccc2N2C(=O)[C@H]3C4c5ccccc5C(c5ccccc54)[C@@H]3C2=O)c1. The molecule has 1 saturated heterocycles. The summed E-state index contributed by atoms with van der Waals surface area (Å²) in [6.07, 6.45) is 0. The Morgan fingerprint density at radius 2 is 1.36 bits per heavy atom. The summed E-state index contributed by atoms with van der Waals surface area (Å²) in [5, 5.41) is 13.8. The third-order valence-corrected chi connectivity index (χ3v) is 8.82. The summed E-state index contributed by atoms with van der Waals surface area (Å²) in [6.45, 7) is -0.774. The number of para-hydroxylation sites is 1. The largest absolute Gasteiger partial charge is 0.497 e. The molecule has 0 unspecified atom stereocenters. The molecular weight excluding hydrogens is 578 g/mol. The van der Waals surface area contributed by atoms with E-state index in [4.69, 9.17) is 9.47 Å². The highest BCUT2D eigenvalue weighted by atomic mass is 16.6. The van der Waals surface area contributed by atoms with E-state index in [1.807, 2.05) is 48.5 Å². The van der Waals surface area contributed by atoms with Crippen molar-refractivity contribution in [3.8, 4) is 5.75 Å².